The van der Waals surface area contributed by atoms with Gasteiger partial charge in [0.1, 0.15) is 17.7 Å². The first-order valence-corrected chi connectivity index (χ1v) is 7.76. The first-order chi connectivity index (χ1) is 10.6. The summed E-state index contributed by atoms with van der Waals surface area (Å²) < 4.78 is 1.89. The number of anilines is 1. The summed E-state index contributed by atoms with van der Waals surface area (Å²) in [4.78, 5) is 15.6. The van der Waals surface area contributed by atoms with Gasteiger partial charge in [0.2, 0.25) is 0 Å². The molecule has 1 aliphatic rings. The Bertz CT molecular complexity index is 654. The second kappa shape index (κ2) is 6.04. The van der Waals surface area contributed by atoms with Gasteiger partial charge >= 0.3 is 0 Å². The van der Waals surface area contributed by atoms with Crippen LogP contribution in [0.2, 0.25) is 0 Å². The van der Waals surface area contributed by atoms with Crippen molar-refractivity contribution >= 4 is 5.82 Å². The van der Waals surface area contributed by atoms with Gasteiger partial charge in [-0.3, -0.25) is 4.98 Å². The molecule has 0 unspecified atom stereocenters. The topological polar surface area (TPSA) is 67.1 Å². The summed E-state index contributed by atoms with van der Waals surface area (Å²) in [5.74, 6) is 1.84. The van der Waals surface area contributed by atoms with Gasteiger partial charge in [0.25, 0.3) is 0 Å². The highest BCUT2D eigenvalue weighted by Crippen LogP contribution is 2.31. The number of hydrogen-bond acceptors (Lipinski definition) is 5. The maximum atomic E-state index is 10.7. The standard InChI is InChI=1S/C16H23N5O/c1-11-9-18-12(2)15(19-11)21-7-4-5-13(10-21)14(22)16-17-6-8-20(16)3/h6,8-9,13-14,22H,4-5,7,10H2,1-3H3/t13-,14+/m0/s1. The summed E-state index contributed by atoms with van der Waals surface area (Å²) in [7, 11) is 1.92. The minimum absolute atomic E-state index is 0.163. The van der Waals surface area contributed by atoms with Crippen molar-refractivity contribution in [3.05, 3.63) is 35.8 Å². The predicted molar refractivity (Wildman–Crippen MR) is 84.6 cm³/mol. The molecule has 1 fully saturated rings. The molecule has 118 valence electrons. The number of hydrogen-bond donors (Lipinski definition) is 1. The Kier molecular flexibility index (Phi) is 4.11. The first-order valence-electron chi connectivity index (χ1n) is 7.76. The largest absolute Gasteiger partial charge is 0.385 e. The Morgan fingerprint density at radius 3 is 2.86 bits per heavy atom. The Labute approximate surface area is 130 Å². The van der Waals surface area contributed by atoms with Gasteiger partial charge < -0.3 is 14.6 Å². The van der Waals surface area contributed by atoms with Gasteiger partial charge in [-0.1, -0.05) is 0 Å². The van der Waals surface area contributed by atoms with E-state index in [2.05, 4.69) is 19.9 Å². The highest BCUT2D eigenvalue weighted by atomic mass is 16.3. The Balaban J connectivity index is 1.79. The quantitative estimate of drug-likeness (QED) is 0.936. The van der Waals surface area contributed by atoms with E-state index in [0.29, 0.717) is 0 Å². The van der Waals surface area contributed by atoms with Crippen LogP contribution in [0.25, 0.3) is 0 Å². The molecule has 3 heterocycles. The zero-order chi connectivity index (χ0) is 15.7. The van der Waals surface area contributed by atoms with Crippen LogP contribution in [0, 0.1) is 19.8 Å². The maximum Gasteiger partial charge on any atom is 0.150 e. The third kappa shape index (κ3) is 2.83. The van der Waals surface area contributed by atoms with E-state index in [1.165, 1.54) is 0 Å². The van der Waals surface area contributed by atoms with Crippen LogP contribution < -0.4 is 4.90 Å². The molecular weight excluding hydrogens is 278 g/mol. The first kappa shape index (κ1) is 15.0. The molecule has 2 aromatic heterocycles. The van der Waals surface area contributed by atoms with Gasteiger partial charge in [-0.25, -0.2) is 9.97 Å². The molecule has 6 heteroatoms. The van der Waals surface area contributed by atoms with E-state index in [-0.39, 0.29) is 5.92 Å². The molecule has 1 saturated heterocycles. The minimum atomic E-state index is -0.541. The molecule has 22 heavy (non-hydrogen) atoms. The molecule has 3 rings (SSSR count). The second-order valence-corrected chi connectivity index (χ2v) is 6.11. The van der Waals surface area contributed by atoms with Crippen LogP contribution in [-0.4, -0.2) is 37.7 Å². The monoisotopic (exact) mass is 301 g/mol. The normalized spacial score (nSPS) is 20.2. The highest BCUT2D eigenvalue weighted by molar-refractivity contribution is 5.43. The number of aryl methyl sites for hydroxylation is 3. The van der Waals surface area contributed by atoms with Gasteiger partial charge in [0, 0.05) is 44.6 Å². The Morgan fingerprint density at radius 1 is 1.32 bits per heavy atom. The molecule has 0 saturated carbocycles. The summed E-state index contributed by atoms with van der Waals surface area (Å²) >= 11 is 0. The van der Waals surface area contributed by atoms with Crippen LogP contribution >= 0.6 is 0 Å². The van der Waals surface area contributed by atoms with Crippen LogP contribution in [0.15, 0.2) is 18.6 Å². The lowest BCUT2D eigenvalue weighted by Crippen LogP contribution is -2.39. The predicted octanol–water partition coefficient (Wildman–Crippen LogP) is 1.78. The third-order valence-electron chi connectivity index (χ3n) is 4.38. The van der Waals surface area contributed by atoms with E-state index >= 15 is 0 Å². The average molecular weight is 301 g/mol. The van der Waals surface area contributed by atoms with Gasteiger partial charge in [0.05, 0.1) is 11.4 Å². The molecule has 2 atom stereocenters. The van der Waals surface area contributed by atoms with Crippen molar-refractivity contribution in [2.45, 2.75) is 32.8 Å². The number of aromatic nitrogens is 4. The van der Waals surface area contributed by atoms with E-state index in [1.54, 1.807) is 12.4 Å². The number of piperidine rings is 1. The lowest BCUT2D eigenvalue weighted by atomic mass is 9.92. The minimum Gasteiger partial charge on any atom is -0.385 e. The summed E-state index contributed by atoms with van der Waals surface area (Å²) in [5.41, 5.74) is 1.87. The number of aliphatic hydroxyl groups excluding tert-OH is 1. The fourth-order valence-electron chi connectivity index (χ4n) is 3.16. The van der Waals surface area contributed by atoms with Crippen LogP contribution in [0.5, 0.6) is 0 Å². The average Bonchev–Trinajstić information content (AvgIpc) is 2.95. The summed E-state index contributed by atoms with van der Waals surface area (Å²) in [6.07, 6.45) is 6.90. The SMILES string of the molecule is Cc1cnc(C)c(N2CCC[C@H]([C@@H](O)c3nccn3C)C2)n1. The number of nitrogens with zero attached hydrogens (tertiary/aromatic N) is 5. The highest BCUT2D eigenvalue weighted by Gasteiger charge is 2.30. The lowest BCUT2D eigenvalue weighted by Gasteiger charge is -2.36. The molecule has 6 nitrogen and oxygen atoms in total. The van der Waals surface area contributed by atoms with Gasteiger partial charge in [-0.05, 0) is 26.7 Å². The van der Waals surface area contributed by atoms with Crippen LogP contribution in [-0.2, 0) is 7.05 Å². The number of aliphatic hydroxyl groups is 1. The lowest BCUT2D eigenvalue weighted by molar-refractivity contribution is 0.0873. The molecule has 1 N–H and O–H groups in total. The molecule has 1 aliphatic heterocycles. The number of rotatable bonds is 3. The molecule has 2 aromatic rings. The Hall–Kier alpha value is -1.95. The van der Waals surface area contributed by atoms with Crippen LogP contribution in [0.1, 0.15) is 36.2 Å². The molecule has 0 bridgehead atoms. The van der Waals surface area contributed by atoms with Crippen molar-refractivity contribution in [1.29, 1.82) is 0 Å². The smallest absolute Gasteiger partial charge is 0.150 e. The van der Waals surface area contributed by atoms with Crippen molar-refractivity contribution < 1.29 is 5.11 Å². The fourth-order valence-corrected chi connectivity index (χ4v) is 3.16. The third-order valence-corrected chi connectivity index (χ3v) is 4.38. The molecular formula is C16H23N5O. The van der Waals surface area contributed by atoms with Crippen molar-refractivity contribution in [1.82, 2.24) is 19.5 Å². The molecule has 0 radical (unpaired) electrons. The van der Waals surface area contributed by atoms with E-state index in [1.807, 2.05) is 31.7 Å². The second-order valence-electron chi connectivity index (χ2n) is 6.11. The van der Waals surface area contributed by atoms with Gasteiger partial charge in [0.15, 0.2) is 0 Å². The van der Waals surface area contributed by atoms with E-state index in [9.17, 15) is 5.11 Å². The molecule has 0 aliphatic carbocycles. The summed E-state index contributed by atoms with van der Waals surface area (Å²) in [5, 5.41) is 10.7. The van der Waals surface area contributed by atoms with Gasteiger partial charge in [-0.2, -0.15) is 0 Å². The van der Waals surface area contributed by atoms with E-state index < -0.39 is 6.10 Å². The van der Waals surface area contributed by atoms with E-state index in [4.69, 9.17) is 0 Å². The molecule has 0 spiro atoms. The van der Waals surface area contributed by atoms with E-state index in [0.717, 1.165) is 49.0 Å². The number of imidazole rings is 1. The Morgan fingerprint density at radius 2 is 2.14 bits per heavy atom. The van der Waals surface area contributed by atoms with Gasteiger partial charge in [-0.15, -0.1) is 0 Å². The van der Waals surface area contributed by atoms with Crippen LogP contribution in [0.3, 0.4) is 0 Å². The van der Waals surface area contributed by atoms with Crippen LogP contribution in [0.4, 0.5) is 5.82 Å². The molecule has 0 aromatic carbocycles. The van der Waals surface area contributed by atoms with Crippen molar-refractivity contribution in [3.8, 4) is 0 Å². The van der Waals surface area contributed by atoms with Crippen molar-refractivity contribution in [2.75, 3.05) is 18.0 Å². The van der Waals surface area contributed by atoms with Crippen molar-refractivity contribution in [3.63, 3.8) is 0 Å². The summed E-state index contributed by atoms with van der Waals surface area (Å²) in [6, 6.07) is 0. The zero-order valence-corrected chi connectivity index (χ0v) is 13.4. The fraction of sp³-hybridized carbons (Fsp3) is 0.562. The maximum absolute atomic E-state index is 10.7. The van der Waals surface area contributed by atoms with Crippen molar-refractivity contribution in [2.24, 2.45) is 13.0 Å². The zero-order valence-electron chi connectivity index (χ0n) is 13.4. The molecule has 0 amide bonds. The summed E-state index contributed by atoms with van der Waals surface area (Å²) in [6.45, 7) is 5.69.